The second-order valence-electron chi connectivity index (χ2n) is 6.98. The van der Waals surface area contributed by atoms with Crippen LogP contribution in [0, 0.1) is 10.1 Å². The number of nitro benzene ring substituents is 1. The number of hydrogen-bond donors (Lipinski definition) is 0. The fourth-order valence-electron chi connectivity index (χ4n) is 3.49. The van der Waals surface area contributed by atoms with Crippen molar-refractivity contribution in [2.24, 2.45) is 0 Å². The van der Waals surface area contributed by atoms with Crippen molar-refractivity contribution in [3.05, 3.63) is 86.3 Å². The standard InChI is InChI=1S/C21H19N3O5/c25-20(23-10-8-22(9-11-23)14-15-4-2-1-3-5-15)18-13-16-12-17(24(27)28)6-7-19(16)29-21(18)26/h1-7,12-13H,8-11,14H2. The van der Waals surface area contributed by atoms with Crippen LogP contribution in [0.4, 0.5) is 5.69 Å². The summed E-state index contributed by atoms with van der Waals surface area (Å²) in [5.41, 5.74) is 0.464. The number of non-ortho nitro benzene ring substituents is 1. The fraction of sp³-hybridized carbons (Fsp3) is 0.238. The van der Waals surface area contributed by atoms with Crippen LogP contribution in [0.2, 0.25) is 0 Å². The molecule has 0 N–H and O–H groups in total. The van der Waals surface area contributed by atoms with Gasteiger partial charge in [-0.25, -0.2) is 4.79 Å². The van der Waals surface area contributed by atoms with Crippen molar-refractivity contribution in [3.63, 3.8) is 0 Å². The third-order valence-electron chi connectivity index (χ3n) is 5.07. The summed E-state index contributed by atoms with van der Waals surface area (Å²) in [6.45, 7) is 3.21. The maximum Gasteiger partial charge on any atom is 0.349 e. The molecule has 1 saturated heterocycles. The average Bonchev–Trinajstić information content (AvgIpc) is 2.73. The Morgan fingerprint density at radius 3 is 2.45 bits per heavy atom. The van der Waals surface area contributed by atoms with Crippen molar-refractivity contribution < 1.29 is 14.1 Å². The van der Waals surface area contributed by atoms with Crippen LogP contribution in [0.3, 0.4) is 0 Å². The number of nitrogens with zero attached hydrogens (tertiary/aromatic N) is 3. The quantitative estimate of drug-likeness (QED) is 0.384. The summed E-state index contributed by atoms with van der Waals surface area (Å²) < 4.78 is 5.20. The van der Waals surface area contributed by atoms with Gasteiger partial charge in [0.2, 0.25) is 0 Å². The zero-order valence-corrected chi connectivity index (χ0v) is 15.6. The molecule has 0 spiro atoms. The number of fused-ring (bicyclic) bond motifs is 1. The summed E-state index contributed by atoms with van der Waals surface area (Å²) in [6.07, 6.45) is 0. The van der Waals surface area contributed by atoms with E-state index in [-0.39, 0.29) is 16.8 Å². The van der Waals surface area contributed by atoms with E-state index < -0.39 is 16.5 Å². The van der Waals surface area contributed by atoms with Gasteiger partial charge in [-0.1, -0.05) is 30.3 Å². The Hall–Kier alpha value is -3.52. The molecule has 0 bridgehead atoms. The molecule has 29 heavy (non-hydrogen) atoms. The molecule has 1 aromatic heterocycles. The summed E-state index contributed by atoms with van der Waals surface area (Å²) in [5.74, 6) is -0.411. The molecule has 2 aromatic carbocycles. The average molecular weight is 393 g/mol. The zero-order chi connectivity index (χ0) is 20.4. The van der Waals surface area contributed by atoms with E-state index >= 15 is 0 Å². The largest absolute Gasteiger partial charge is 0.422 e. The maximum absolute atomic E-state index is 12.9. The summed E-state index contributed by atoms with van der Waals surface area (Å²) in [5, 5.41) is 11.3. The van der Waals surface area contributed by atoms with Crippen LogP contribution in [-0.4, -0.2) is 46.8 Å². The molecule has 1 aliphatic heterocycles. The molecule has 2 heterocycles. The second-order valence-corrected chi connectivity index (χ2v) is 6.98. The molecule has 0 aliphatic carbocycles. The first-order chi connectivity index (χ1) is 14.0. The van der Waals surface area contributed by atoms with Gasteiger partial charge in [-0.15, -0.1) is 0 Å². The number of carbonyl (C=O) groups is 1. The smallest absolute Gasteiger partial charge is 0.349 e. The van der Waals surface area contributed by atoms with Gasteiger partial charge in [0.15, 0.2) is 0 Å². The molecule has 148 valence electrons. The van der Waals surface area contributed by atoms with Crippen molar-refractivity contribution in [2.45, 2.75) is 6.54 Å². The first-order valence-electron chi connectivity index (χ1n) is 9.29. The first kappa shape index (κ1) is 18.8. The molecule has 0 atom stereocenters. The van der Waals surface area contributed by atoms with Gasteiger partial charge in [-0.3, -0.25) is 19.8 Å². The minimum absolute atomic E-state index is 0.102. The summed E-state index contributed by atoms with van der Waals surface area (Å²) in [4.78, 5) is 39.5. The molecular formula is C21H19N3O5. The molecule has 4 rings (SSSR count). The highest BCUT2D eigenvalue weighted by Gasteiger charge is 2.25. The number of carbonyl (C=O) groups excluding carboxylic acids is 1. The Morgan fingerprint density at radius 1 is 1.03 bits per heavy atom. The monoisotopic (exact) mass is 393 g/mol. The van der Waals surface area contributed by atoms with E-state index in [9.17, 15) is 19.7 Å². The minimum atomic E-state index is -0.733. The van der Waals surface area contributed by atoms with E-state index in [2.05, 4.69) is 17.0 Å². The van der Waals surface area contributed by atoms with E-state index in [4.69, 9.17) is 4.42 Å². The van der Waals surface area contributed by atoms with Gasteiger partial charge >= 0.3 is 5.63 Å². The lowest BCUT2D eigenvalue weighted by atomic mass is 10.1. The van der Waals surface area contributed by atoms with E-state index in [1.54, 1.807) is 4.90 Å². The molecule has 1 amide bonds. The number of nitro groups is 1. The van der Waals surface area contributed by atoms with Crippen molar-refractivity contribution in [3.8, 4) is 0 Å². The van der Waals surface area contributed by atoms with Gasteiger partial charge in [-0.05, 0) is 17.7 Å². The fourth-order valence-corrected chi connectivity index (χ4v) is 3.49. The van der Waals surface area contributed by atoms with Gasteiger partial charge in [0, 0.05) is 50.2 Å². The molecular weight excluding hydrogens is 374 g/mol. The zero-order valence-electron chi connectivity index (χ0n) is 15.6. The first-order valence-corrected chi connectivity index (χ1v) is 9.29. The van der Waals surface area contributed by atoms with Crippen LogP contribution < -0.4 is 5.63 Å². The summed E-state index contributed by atoms with van der Waals surface area (Å²) in [6, 6.07) is 15.4. The lowest BCUT2D eigenvalue weighted by Gasteiger charge is -2.34. The Labute approximate surface area is 166 Å². The summed E-state index contributed by atoms with van der Waals surface area (Å²) >= 11 is 0. The van der Waals surface area contributed by atoms with E-state index in [1.165, 1.54) is 29.8 Å². The highest BCUT2D eigenvalue weighted by Crippen LogP contribution is 2.21. The molecule has 0 radical (unpaired) electrons. The van der Waals surface area contributed by atoms with Crippen molar-refractivity contribution >= 4 is 22.6 Å². The number of benzene rings is 2. The van der Waals surface area contributed by atoms with Crippen LogP contribution in [0.1, 0.15) is 15.9 Å². The van der Waals surface area contributed by atoms with E-state index in [0.29, 0.717) is 31.6 Å². The second kappa shape index (κ2) is 7.84. The highest BCUT2D eigenvalue weighted by molar-refractivity contribution is 5.97. The Morgan fingerprint density at radius 2 is 1.76 bits per heavy atom. The number of hydrogen-bond acceptors (Lipinski definition) is 6. The predicted molar refractivity (Wildman–Crippen MR) is 107 cm³/mol. The Bertz CT molecular complexity index is 1120. The number of amides is 1. The lowest BCUT2D eigenvalue weighted by Crippen LogP contribution is -2.49. The Kier molecular flexibility index (Phi) is 5.09. The van der Waals surface area contributed by atoms with Gasteiger partial charge in [-0.2, -0.15) is 0 Å². The SMILES string of the molecule is O=C(c1cc2cc([N+](=O)[O-])ccc2oc1=O)N1CCN(Cc2ccccc2)CC1. The summed E-state index contributed by atoms with van der Waals surface area (Å²) in [7, 11) is 0. The van der Waals surface area contributed by atoms with Gasteiger partial charge in [0.25, 0.3) is 11.6 Å². The van der Waals surface area contributed by atoms with Gasteiger partial charge < -0.3 is 9.32 Å². The van der Waals surface area contributed by atoms with Crippen LogP contribution >= 0.6 is 0 Å². The highest BCUT2D eigenvalue weighted by atomic mass is 16.6. The lowest BCUT2D eigenvalue weighted by molar-refractivity contribution is -0.384. The third-order valence-corrected chi connectivity index (χ3v) is 5.07. The van der Waals surface area contributed by atoms with Crippen LogP contribution in [0.15, 0.2) is 63.8 Å². The topological polar surface area (TPSA) is 96.9 Å². The predicted octanol–water partition coefficient (Wildman–Crippen LogP) is 2.66. The van der Waals surface area contributed by atoms with Crippen LogP contribution in [0.25, 0.3) is 11.0 Å². The number of piperazine rings is 1. The van der Waals surface area contributed by atoms with Gasteiger partial charge in [0.1, 0.15) is 11.1 Å². The van der Waals surface area contributed by atoms with Gasteiger partial charge in [0.05, 0.1) is 4.92 Å². The molecule has 0 saturated carbocycles. The van der Waals surface area contributed by atoms with Crippen LogP contribution in [-0.2, 0) is 6.54 Å². The van der Waals surface area contributed by atoms with Crippen molar-refractivity contribution in [1.82, 2.24) is 9.80 Å². The van der Waals surface area contributed by atoms with Crippen LogP contribution in [0.5, 0.6) is 0 Å². The maximum atomic E-state index is 12.9. The molecule has 1 fully saturated rings. The van der Waals surface area contributed by atoms with E-state index in [1.807, 2.05) is 18.2 Å². The molecule has 1 aliphatic rings. The van der Waals surface area contributed by atoms with E-state index in [0.717, 1.165) is 6.54 Å². The molecule has 0 unspecified atom stereocenters. The minimum Gasteiger partial charge on any atom is -0.422 e. The molecule has 3 aromatic rings. The normalized spacial score (nSPS) is 14.8. The Balaban J connectivity index is 1.49. The van der Waals surface area contributed by atoms with Crippen molar-refractivity contribution in [1.29, 1.82) is 0 Å². The molecule has 8 heteroatoms. The van der Waals surface area contributed by atoms with Crippen molar-refractivity contribution in [2.75, 3.05) is 26.2 Å². The number of rotatable bonds is 4. The molecule has 8 nitrogen and oxygen atoms in total. The third kappa shape index (κ3) is 4.02.